The predicted octanol–water partition coefficient (Wildman–Crippen LogP) is 4.20. The Balaban J connectivity index is 0.000000322. The van der Waals surface area contributed by atoms with Gasteiger partial charge in [0.2, 0.25) is 6.41 Å². The number of nitrogens with one attached hydrogen (secondary N) is 1. The Hall–Kier alpha value is -3.98. The number of hydrogen-bond acceptors (Lipinski definition) is 7. The van der Waals surface area contributed by atoms with E-state index in [1.807, 2.05) is 57.3 Å². The van der Waals surface area contributed by atoms with Crippen LogP contribution in [0, 0.1) is 24.2 Å². The van der Waals surface area contributed by atoms with Crippen LogP contribution >= 0.6 is 12.3 Å². The molecule has 0 unspecified atom stereocenters. The molecule has 5 heterocycles. The molecule has 0 atom stereocenters. The summed E-state index contributed by atoms with van der Waals surface area (Å²) in [6.07, 6.45) is 7.40. The van der Waals surface area contributed by atoms with Crippen molar-refractivity contribution >= 4 is 41.3 Å². The van der Waals surface area contributed by atoms with Crippen LogP contribution in [0.5, 0.6) is 0 Å². The van der Waals surface area contributed by atoms with E-state index in [9.17, 15) is 13.5 Å². The standard InChI is InChI=1S/C18H17FN6OS.C5H6N2O.C2H6/c1-10(2)22-18(26)12-8-25(27-19)17-15(12)23-13(6-20-17)16-14-5-4-11(3)7-24(14)9-21-16;6-1-5-2-7(3-5)4-8;1-2/h4-10H,1-3H3,(H,22,26);4-5H,2-3H2;1-2H3. The molecular formula is C25H29FN8O2S. The van der Waals surface area contributed by atoms with Gasteiger partial charge >= 0.3 is 0 Å². The highest BCUT2D eigenvalue weighted by atomic mass is 32.2. The molecule has 0 spiro atoms. The monoisotopic (exact) mass is 524 g/mol. The summed E-state index contributed by atoms with van der Waals surface area (Å²) >= 11 is -0.0227. The van der Waals surface area contributed by atoms with Gasteiger partial charge in [-0.1, -0.05) is 19.9 Å². The topological polar surface area (TPSA) is 121 Å². The van der Waals surface area contributed by atoms with Crippen molar-refractivity contribution in [1.29, 1.82) is 5.26 Å². The number of rotatable bonds is 5. The number of fused-ring (bicyclic) bond motifs is 2. The lowest BCUT2D eigenvalue weighted by atomic mass is 10.0. The maximum absolute atomic E-state index is 13.3. The SMILES string of the molecule is CC.Cc1ccc2c(-c3cnc4c(n3)c(C(=O)NC(C)C)cn4SF)ncn2c1.N#CC1CN(C=O)C1. The van der Waals surface area contributed by atoms with Crippen LogP contribution in [-0.2, 0) is 4.79 Å². The summed E-state index contributed by atoms with van der Waals surface area (Å²) in [7, 11) is 0. The number of carbonyl (C=O) groups is 2. The Morgan fingerprint density at radius 3 is 2.62 bits per heavy atom. The van der Waals surface area contributed by atoms with E-state index in [0.717, 1.165) is 17.5 Å². The Labute approximate surface area is 218 Å². The van der Waals surface area contributed by atoms with Crippen LogP contribution < -0.4 is 5.32 Å². The zero-order chi connectivity index (χ0) is 27.1. The predicted molar refractivity (Wildman–Crippen MR) is 141 cm³/mol. The number of likely N-dealkylation sites (tertiary alicyclic amines) is 1. The van der Waals surface area contributed by atoms with Gasteiger partial charge in [-0.15, -0.1) is 3.89 Å². The highest BCUT2D eigenvalue weighted by molar-refractivity contribution is 7.92. The first-order chi connectivity index (χ1) is 17.8. The molecule has 1 aliphatic rings. The number of nitriles is 1. The highest BCUT2D eigenvalue weighted by Gasteiger charge is 2.24. The van der Waals surface area contributed by atoms with Crippen molar-refractivity contribution in [2.75, 3.05) is 13.1 Å². The molecule has 0 saturated carbocycles. The van der Waals surface area contributed by atoms with Gasteiger partial charge in [-0.3, -0.25) is 9.59 Å². The molecule has 10 nitrogen and oxygen atoms in total. The van der Waals surface area contributed by atoms with Crippen LogP contribution in [0.3, 0.4) is 0 Å². The Kier molecular flexibility index (Phi) is 9.19. The lowest BCUT2D eigenvalue weighted by Crippen LogP contribution is -2.44. The average Bonchev–Trinajstić information content (AvgIpc) is 3.45. The zero-order valence-electron chi connectivity index (χ0n) is 21.3. The molecule has 0 aliphatic carbocycles. The minimum Gasteiger partial charge on any atom is -0.350 e. The zero-order valence-corrected chi connectivity index (χ0v) is 22.2. The quantitative estimate of drug-likeness (QED) is 0.388. The number of aryl methyl sites for hydroxylation is 1. The van der Waals surface area contributed by atoms with Crippen molar-refractivity contribution in [2.24, 2.45) is 5.92 Å². The van der Waals surface area contributed by atoms with E-state index in [4.69, 9.17) is 5.26 Å². The Morgan fingerprint density at radius 2 is 2.00 bits per heavy atom. The van der Waals surface area contributed by atoms with Gasteiger partial charge in [0.15, 0.2) is 18.0 Å². The minimum atomic E-state index is -0.320. The van der Waals surface area contributed by atoms with Gasteiger partial charge in [-0.05, 0) is 32.4 Å². The summed E-state index contributed by atoms with van der Waals surface area (Å²) in [6.45, 7) is 11.0. The summed E-state index contributed by atoms with van der Waals surface area (Å²) in [4.78, 5) is 37.3. The summed E-state index contributed by atoms with van der Waals surface area (Å²) in [6, 6.07) is 5.96. The molecule has 2 amide bonds. The molecule has 37 heavy (non-hydrogen) atoms. The van der Waals surface area contributed by atoms with Crippen molar-refractivity contribution in [3.63, 3.8) is 0 Å². The fraction of sp³-hybridized carbons (Fsp3) is 0.360. The molecule has 1 aliphatic heterocycles. The summed E-state index contributed by atoms with van der Waals surface area (Å²) in [5, 5.41) is 11.0. The molecular weight excluding hydrogens is 495 g/mol. The smallest absolute Gasteiger partial charge is 0.255 e. The van der Waals surface area contributed by atoms with Crippen molar-refractivity contribution < 1.29 is 13.5 Å². The van der Waals surface area contributed by atoms with E-state index in [-0.39, 0.29) is 35.8 Å². The normalized spacial score (nSPS) is 12.8. The van der Waals surface area contributed by atoms with E-state index in [2.05, 4.69) is 26.3 Å². The third-order valence-electron chi connectivity index (χ3n) is 5.37. The highest BCUT2D eigenvalue weighted by Crippen LogP contribution is 2.27. The molecule has 194 valence electrons. The molecule has 1 N–H and O–H groups in total. The van der Waals surface area contributed by atoms with Crippen LogP contribution in [0.4, 0.5) is 3.89 Å². The van der Waals surface area contributed by atoms with Crippen molar-refractivity contribution in [2.45, 2.75) is 40.7 Å². The molecule has 4 aromatic heterocycles. The second-order valence-corrected chi connectivity index (χ2v) is 9.00. The first kappa shape index (κ1) is 27.6. The van der Waals surface area contributed by atoms with Gasteiger partial charge in [0.05, 0.1) is 29.3 Å². The van der Waals surface area contributed by atoms with Gasteiger partial charge in [-0.2, -0.15) is 5.26 Å². The third kappa shape index (κ3) is 6.06. The Morgan fingerprint density at radius 1 is 1.27 bits per heavy atom. The minimum absolute atomic E-state index is 0.0227. The number of imidazole rings is 1. The van der Waals surface area contributed by atoms with E-state index < -0.39 is 0 Å². The van der Waals surface area contributed by atoms with Crippen molar-refractivity contribution in [1.82, 2.24) is 33.5 Å². The number of halogens is 1. The number of nitrogens with zero attached hydrogens (tertiary/aromatic N) is 7. The van der Waals surface area contributed by atoms with Crippen LogP contribution in [0.15, 0.2) is 37.1 Å². The lowest BCUT2D eigenvalue weighted by Gasteiger charge is -2.31. The number of aromatic nitrogens is 5. The number of hydrogen-bond donors (Lipinski definition) is 1. The van der Waals surface area contributed by atoms with Gasteiger partial charge in [0.1, 0.15) is 23.2 Å². The number of carbonyl (C=O) groups excluding carboxylic acids is 2. The maximum atomic E-state index is 13.3. The van der Waals surface area contributed by atoms with E-state index >= 15 is 0 Å². The van der Waals surface area contributed by atoms with Crippen molar-refractivity contribution in [3.05, 3.63) is 48.2 Å². The van der Waals surface area contributed by atoms with Crippen LogP contribution in [0.2, 0.25) is 0 Å². The molecule has 5 rings (SSSR count). The molecule has 0 radical (unpaired) electrons. The van der Waals surface area contributed by atoms with Crippen LogP contribution in [0.25, 0.3) is 28.1 Å². The molecule has 0 bridgehead atoms. The van der Waals surface area contributed by atoms with Gasteiger partial charge < -0.3 is 14.6 Å². The average molecular weight is 525 g/mol. The van der Waals surface area contributed by atoms with E-state index in [1.54, 1.807) is 17.4 Å². The second-order valence-electron chi connectivity index (χ2n) is 8.47. The number of pyridine rings is 1. The maximum Gasteiger partial charge on any atom is 0.255 e. The van der Waals surface area contributed by atoms with Crippen molar-refractivity contribution in [3.8, 4) is 17.5 Å². The van der Waals surface area contributed by atoms with Gasteiger partial charge in [-0.25, -0.2) is 18.9 Å². The fourth-order valence-electron chi connectivity index (χ4n) is 3.63. The van der Waals surface area contributed by atoms with Gasteiger partial charge in [0, 0.05) is 31.5 Å². The summed E-state index contributed by atoms with van der Waals surface area (Å²) in [5.74, 6) is -0.222. The molecule has 4 aromatic rings. The molecule has 0 aromatic carbocycles. The van der Waals surface area contributed by atoms with Gasteiger partial charge in [0.25, 0.3) is 5.91 Å². The second kappa shape index (κ2) is 12.3. The fourth-order valence-corrected chi connectivity index (χ4v) is 3.97. The summed E-state index contributed by atoms with van der Waals surface area (Å²) in [5.41, 5.74) is 4.06. The van der Waals surface area contributed by atoms with Crippen LogP contribution in [0.1, 0.15) is 43.6 Å². The Bertz CT molecular complexity index is 1440. The molecule has 12 heteroatoms. The lowest BCUT2D eigenvalue weighted by molar-refractivity contribution is -0.122. The largest absolute Gasteiger partial charge is 0.350 e. The number of amides is 2. The first-order valence-corrected chi connectivity index (χ1v) is 12.5. The molecule has 1 saturated heterocycles. The van der Waals surface area contributed by atoms with E-state index in [1.165, 1.54) is 10.2 Å². The third-order valence-corrected chi connectivity index (χ3v) is 5.79. The molecule has 1 fully saturated rings. The van der Waals surface area contributed by atoms with Crippen LogP contribution in [-0.4, -0.2) is 59.7 Å². The van der Waals surface area contributed by atoms with E-state index in [0.29, 0.717) is 35.6 Å². The summed E-state index contributed by atoms with van der Waals surface area (Å²) < 4.78 is 16.4. The first-order valence-electron chi connectivity index (χ1n) is 11.8.